The van der Waals surface area contributed by atoms with Crippen molar-refractivity contribution in [1.29, 1.82) is 0 Å². The van der Waals surface area contributed by atoms with Gasteiger partial charge in [-0.1, -0.05) is 17.7 Å². The lowest BCUT2D eigenvalue weighted by atomic mass is 10.2. The molecule has 2 amide bonds. The highest BCUT2D eigenvalue weighted by molar-refractivity contribution is 8.00. The van der Waals surface area contributed by atoms with Crippen molar-refractivity contribution in [3.63, 3.8) is 0 Å². The van der Waals surface area contributed by atoms with Crippen molar-refractivity contribution >= 4 is 46.6 Å². The van der Waals surface area contributed by atoms with E-state index >= 15 is 0 Å². The van der Waals surface area contributed by atoms with E-state index in [4.69, 9.17) is 21.1 Å². The van der Waals surface area contributed by atoms with Crippen molar-refractivity contribution in [3.05, 3.63) is 77.1 Å². The third-order valence-corrected chi connectivity index (χ3v) is 6.00. The average Bonchev–Trinajstić information content (AvgIpc) is 2.80. The Bertz CT molecular complexity index is 1160. The maximum Gasteiger partial charge on any atom is 0.255 e. The maximum atomic E-state index is 13.1. The number of anilines is 2. The Hall–Kier alpha value is -3.23. The summed E-state index contributed by atoms with van der Waals surface area (Å²) in [7, 11) is 2.98. The van der Waals surface area contributed by atoms with Gasteiger partial charge in [0, 0.05) is 22.2 Å². The molecule has 0 aliphatic carbocycles. The zero-order valence-electron chi connectivity index (χ0n) is 18.1. The van der Waals surface area contributed by atoms with Crippen molar-refractivity contribution in [1.82, 2.24) is 0 Å². The molecule has 0 saturated carbocycles. The Morgan fingerprint density at radius 3 is 2.33 bits per heavy atom. The number of carbonyl (C=O) groups is 2. The van der Waals surface area contributed by atoms with Crippen LogP contribution in [0.1, 0.15) is 17.3 Å². The number of rotatable bonds is 8. The first kappa shape index (κ1) is 24.4. The Labute approximate surface area is 200 Å². The number of hydrogen-bond donors (Lipinski definition) is 2. The third-order valence-electron chi connectivity index (χ3n) is 4.61. The molecule has 3 aromatic carbocycles. The van der Waals surface area contributed by atoms with Gasteiger partial charge in [-0.3, -0.25) is 9.59 Å². The molecule has 0 spiro atoms. The first-order chi connectivity index (χ1) is 15.8. The Kier molecular flexibility index (Phi) is 8.19. The van der Waals surface area contributed by atoms with E-state index in [1.54, 1.807) is 37.3 Å². The van der Waals surface area contributed by atoms with Gasteiger partial charge in [0.1, 0.15) is 17.3 Å². The Balaban J connectivity index is 1.66. The molecular weight excluding hydrogens is 467 g/mol. The van der Waals surface area contributed by atoms with Crippen LogP contribution >= 0.6 is 23.4 Å². The lowest BCUT2D eigenvalue weighted by molar-refractivity contribution is -0.115. The zero-order chi connectivity index (χ0) is 24.0. The van der Waals surface area contributed by atoms with Crippen LogP contribution in [0.25, 0.3) is 0 Å². The maximum absolute atomic E-state index is 13.1. The number of amides is 2. The van der Waals surface area contributed by atoms with Crippen molar-refractivity contribution in [2.24, 2.45) is 0 Å². The van der Waals surface area contributed by atoms with Crippen molar-refractivity contribution in [2.45, 2.75) is 17.1 Å². The van der Waals surface area contributed by atoms with Crippen LogP contribution in [-0.4, -0.2) is 31.3 Å². The lowest BCUT2D eigenvalue weighted by Gasteiger charge is -2.16. The fourth-order valence-electron chi connectivity index (χ4n) is 2.90. The highest BCUT2D eigenvalue weighted by Crippen LogP contribution is 2.36. The topological polar surface area (TPSA) is 76.7 Å². The standard InChI is InChI=1S/C24H22ClFN2O4S/c1-14(23(29)28-20-12-19(25)21(31-2)13-22(20)32-3)33-18-6-4-5-17(11-18)27-24(30)15-7-9-16(26)10-8-15/h4-14H,1-3H3,(H,27,30)(H,28,29). The van der Waals surface area contributed by atoms with Gasteiger partial charge in [-0.2, -0.15) is 0 Å². The molecule has 0 bridgehead atoms. The summed E-state index contributed by atoms with van der Waals surface area (Å²) in [5, 5.41) is 5.48. The summed E-state index contributed by atoms with van der Waals surface area (Å²) >= 11 is 7.50. The van der Waals surface area contributed by atoms with E-state index in [0.29, 0.717) is 33.5 Å². The second kappa shape index (κ2) is 11.1. The summed E-state index contributed by atoms with van der Waals surface area (Å²) in [5.41, 5.74) is 1.33. The smallest absolute Gasteiger partial charge is 0.255 e. The van der Waals surface area contributed by atoms with Gasteiger partial charge < -0.3 is 20.1 Å². The predicted molar refractivity (Wildman–Crippen MR) is 129 cm³/mol. The van der Waals surface area contributed by atoms with E-state index in [-0.39, 0.29) is 11.8 Å². The molecule has 1 atom stereocenters. The minimum Gasteiger partial charge on any atom is -0.495 e. The van der Waals surface area contributed by atoms with Gasteiger partial charge in [-0.15, -0.1) is 11.8 Å². The second-order valence-corrected chi connectivity index (χ2v) is 8.75. The minimum atomic E-state index is -0.460. The molecule has 0 aliphatic rings. The molecule has 0 aromatic heterocycles. The van der Waals surface area contributed by atoms with Crippen LogP contribution in [0.15, 0.2) is 65.6 Å². The fraction of sp³-hybridized carbons (Fsp3) is 0.167. The van der Waals surface area contributed by atoms with Gasteiger partial charge in [0.25, 0.3) is 5.91 Å². The predicted octanol–water partition coefficient (Wildman–Crippen LogP) is 5.87. The van der Waals surface area contributed by atoms with Gasteiger partial charge in [0.2, 0.25) is 5.91 Å². The average molecular weight is 489 g/mol. The molecule has 172 valence electrons. The highest BCUT2D eigenvalue weighted by atomic mass is 35.5. The molecule has 2 N–H and O–H groups in total. The van der Waals surface area contributed by atoms with E-state index in [9.17, 15) is 14.0 Å². The number of benzene rings is 3. The number of halogens is 2. The van der Waals surface area contributed by atoms with Crippen LogP contribution < -0.4 is 20.1 Å². The number of hydrogen-bond acceptors (Lipinski definition) is 5. The zero-order valence-corrected chi connectivity index (χ0v) is 19.7. The molecule has 3 rings (SSSR count). The molecule has 33 heavy (non-hydrogen) atoms. The summed E-state index contributed by atoms with van der Waals surface area (Å²) in [5.74, 6) is -0.154. The first-order valence-electron chi connectivity index (χ1n) is 9.86. The third kappa shape index (κ3) is 6.40. The van der Waals surface area contributed by atoms with Crippen molar-refractivity contribution < 1.29 is 23.5 Å². The fourth-order valence-corrected chi connectivity index (χ4v) is 4.07. The molecule has 0 aliphatic heterocycles. The highest BCUT2D eigenvalue weighted by Gasteiger charge is 2.18. The normalized spacial score (nSPS) is 11.4. The van der Waals surface area contributed by atoms with Crippen molar-refractivity contribution in [2.75, 3.05) is 24.9 Å². The second-order valence-electron chi connectivity index (χ2n) is 6.93. The summed E-state index contributed by atoms with van der Waals surface area (Å²) < 4.78 is 23.6. The van der Waals surface area contributed by atoms with Crippen LogP contribution in [-0.2, 0) is 4.79 Å². The van der Waals surface area contributed by atoms with E-state index in [1.807, 2.05) is 6.07 Å². The van der Waals surface area contributed by atoms with Gasteiger partial charge in [-0.05, 0) is 55.5 Å². The van der Waals surface area contributed by atoms with Crippen molar-refractivity contribution in [3.8, 4) is 11.5 Å². The molecule has 9 heteroatoms. The number of methoxy groups -OCH3 is 2. The first-order valence-corrected chi connectivity index (χ1v) is 11.1. The largest absolute Gasteiger partial charge is 0.495 e. The number of carbonyl (C=O) groups excluding carboxylic acids is 2. The quantitative estimate of drug-likeness (QED) is 0.388. The van der Waals surface area contributed by atoms with E-state index in [2.05, 4.69) is 10.6 Å². The molecule has 0 radical (unpaired) electrons. The van der Waals surface area contributed by atoms with Crippen LogP contribution in [0.5, 0.6) is 11.5 Å². The van der Waals surface area contributed by atoms with Gasteiger partial charge in [0.05, 0.1) is 30.2 Å². The minimum absolute atomic E-state index is 0.250. The lowest BCUT2D eigenvalue weighted by Crippen LogP contribution is -2.22. The SMILES string of the molecule is COc1cc(OC)c(NC(=O)C(C)Sc2cccc(NC(=O)c3ccc(F)cc3)c2)cc1Cl. The van der Waals surface area contributed by atoms with Crippen LogP contribution in [0.2, 0.25) is 5.02 Å². The molecule has 3 aromatic rings. The Morgan fingerprint density at radius 1 is 0.970 bits per heavy atom. The summed E-state index contributed by atoms with van der Waals surface area (Å²) in [4.78, 5) is 25.9. The van der Waals surface area contributed by atoms with E-state index < -0.39 is 11.1 Å². The molecule has 6 nitrogen and oxygen atoms in total. The number of thioether (sulfide) groups is 1. The van der Waals surface area contributed by atoms with E-state index in [0.717, 1.165) is 4.90 Å². The number of ether oxygens (including phenoxy) is 2. The summed E-state index contributed by atoms with van der Waals surface area (Å²) in [6, 6.07) is 15.6. The van der Waals surface area contributed by atoms with Crippen LogP contribution in [0.4, 0.5) is 15.8 Å². The van der Waals surface area contributed by atoms with Gasteiger partial charge >= 0.3 is 0 Å². The number of nitrogens with one attached hydrogen (secondary N) is 2. The molecule has 0 heterocycles. The Morgan fingerprint density at radius 2 is 1.67 bits per heavy atom. The van der Waals surface area contributed by atoms with Gasteiger partial charge in [0.15, 0.2) is 0 Å². The molecule has 0 fully saturated rings. The van der Waals surface area contributed by atoms with Crippen LogP contribution in [0, 0.1) is 5.82 Å². The molecule has 1 unspecified atom stereocenters. The van der Waals surface area contributed by atoms with Gasteiger partial charge in [-0.25, -0.2) is 4.39 Å². The molecule has 0 saturated heterocycles. The monoisotopic (exact) mass is 488 g/mol. The molecular formula is C24H22ClFN2O4S. The van der Waals surface area contributed by atoms with E-state index in [1.165, 1.54) is 50.2 Å². The van der Waals surface area contributed by atoms with Crippen LogP contribution in [0.3, 0.4) is 0 Å². The summed E-state index contributed by atoms with van der Waals surface area (Å²) in [6.07, 6.45) is 0. The summed E-state index contributed by atoms with van der Waals surface area (Å²) in [6.45, 7) is 1.77.